The van der Waals surface area contributed by atoms with Gasteiger partial charge in [-0.15, -0.1) is 11.8 Å². The molecular formula is C11H22O5S. The van der Waals surface area contributed by atoms with Crippen molar-refractivity contribution in [2.75, 3.05) is 38.4 Å². The molecule has 0 aromatic rings. The lowest BCUT2D eigenvalue weighted by molar-refractivity contribution is -0.139. The summed E-state index contributed by atoms with van der Waals surface area (Å²) in [6, 6.07) is 0. The molecule has 0 radical (unpaired) electrons. The van der Waals surface area contributed by atoms with Crippen LogP contribution >= 0.6 is 11.8 Å². The monoisotopic (exact) mass is 266 g/mol. The van der Waals surface area contributed by atoms with E-state index in [1.165, 1.54) is 11.8 Å². The van der Waals surface area contributed by atoms with Crippen molar-refractivity contribution in [3.8, 4) is 0 Å². The van der Waals surface area contributed by atoms with Crippen LogP contribution in [0.5, 0.6) is 0 Å². The van der Waals surface area contributed by atoms with Gasteiger partial charge in [-0.2, -0.15) is 0 Å². The summed E-state index contributed by atoms with van der Waals surface area (Å²) in [5.74, 6) is 0.468. The van der Waals surface area contributed by atoms with E-state index in [-0.39, 0.29) is 24.4 Å². The predicted octanol–water partition coefficient (Wildman–Crippen LogP) is 0.695. The number of hydrogen-bond donors (Lipinski definition) is 1. The highest BCUT2D eigenvalue weighted by Gasteiger charge is 2.09. The van der Waals surface area contributed by atoms with E-state index in [4.69, 9.17) is 14.2 Å². The molecule has 0 amide bonds. The van der Waals surface area contributed by atoms with Gasteiger partial charge in [0.15, 0.2) is 0 Å². The second-order valence-corrected chi connectivity index (χ2v) is 4.60. The molecule has 102 valence electrons. The van der Waals surface area contributed by atoms with Crippen LogP contribution in [0.15, 0.2) is 0 Å². The highest BCUT2D eigenvalue weighted by molar-refractivity contribution is 7.99. The van der Waals surface area contributed by atoms with E-state index in [9.17, 15) is 9.90 Å². The largest absolute Gasteiger partial charge is 0.465 e. The van der Waals surface area contributed by atoms with Crippen molar-refractivity contribution in [1.82, 2.24) is 0 Å². The molecule has 0 saturated carbocycles. The van der Waals surface area contributed by atoms with Crippen molar-refractivity contribution < 1.29 is 24.1 Å². The minimum atomic E-state index is -0.575. The smallest absolute Gasteiger partial charge is 0.315 e. The Morgan fingerprint density at radius 1 is 1.41 bits per heavy atom. The minimum absolute atomic E-state index is 0.0373. The Morgan fingerprint density at radius 2 is 2.12 bits per heavy atom. The third-order valence-corrected chi connectivity index (χ3v) is 2.87. The van der Waals surface area contributed by atoms with Crippen LogP contribution in [-0.2, 0) is 19.0 Å². The van der Waals surface area contributed by atoms with Crippen LogP contribution in [0.4, 0.5) is 0 Å². The van der Waals surface area contributed by atoms with Crippen molar-refractivity contribution in [2.45, 2.75) is 26.1 Å². The van der Waals surface area contributed by atoms with Crippen LogP contribution in [0.3, 0.4) is 0 Å². The number of esters is 1. The highest BCUT2D eigenvalue weighted by atomic mass is 32.2. The van der Waals surface area contributed by atoms with Gasteiger partial charge in [0.1, 0.15) is 0 Å². The second-order valence-electron chi connectivity index (χ2n) is 3.57. The quantitative estimate of drug-likeness (QED) is 0.587. The van der Waals surface area contributed by atoms with E-state index < -0.39 is 6.10 Å². The molecule has 5 nitrogen and oxygen atoms in total. The summed E-state index contributed by atoms with van der Waals surface area (Å²) in [4.78, 5) is 11.0. The third kappa shape index (κ3) is 10.6. The summed E-state index contributed by atoms with van der Waals surface area (Å²) in [5.41, 5.74) is 0. The van der Waals surface area contributed by atoms with Gasteiger partial charge in [0.2, 0.25) is 0 Å². The van der Waals surface area contributed by atoms with E-state index in [1.807, 2.05) is 6.92 Å². The van der Waals surface area contributed by atoms with Gasteiger partial charge in [-0.05, 0) is 13.8 Å². The molecule has 6 heteroatoms. The Morgan fingerprint density at radius 3 is 2.71 bits per heavy atom. The molecule has 1 N–H and O–H groups in total. The van der Waals surface area contributed by atoms with Gasteiger partial charge in [-0.25, -0.2) is 0 Å². The first-order valence-corrected chi connectivity index (χ1v) is 6.77. The molecule has 17 heavy (non-hydrogen) atoms. The number of methoxy groups -OCH3 is 1. The van der Waals surface area contributed by atoms with Gasteiger partial charge in [-0.1, -0.05) is 0 Å². The first-order chi connectivity index (χ1) is 8.10. The molecular weight excluding hydrogens is 244 g/mol. The molecule has 0 aliphatic carbocycles. The second kappa shape index (κ2) is 10.8. The van der Waals surface area contributed by atoms with E-state index in [0.717, 1.165) is 0 Å². The fourth-order valence-electron chi connectivity index (χ4n) is 1.09. The Bertz CT molecular complexity index is 200. The zero-order valence-electron chi connectivity index (χ0n) is 10.7. The number of carbonyl (C=O) groups is 1. The molecule has 0 aliphatic heterocycles. The van der Waals surface area contributed by atoms with Gasteiger partial charge in [0, 0.05) is 12.9 Å². The Balaban J connectivity index is 3.46. The number of rotatable bonds is 10. The summed E-state index contributed by atoms with van der Waals surface area (Å²) in [6.07, 6.45) is -0.613. The zero-order chi connectivity index (χ0) is 13.1. The Kier molecular flexibility index (Phi) is 10.6. The molecule has 0 rings (SSSR count). The van der Waals surface area contributed by atoms with Crippen LogP contribution < -0.4 is 0 Å². The lowest BCUT2D eigenvalue weighted by Crippen LogP contribution is -2.24. The topological polar surface area (TPSA) is 65.0 Å². The number of hydrogen-bond acceptors (Lipinski definition) is 6. The summed E-state index contributed by atoms with van der Waals surface area (Å²) in [7, 11) is 1.60. The lowest BCUT2D eigenvalue weighted by atomic mass is 10.4. The first-order valence-electron chi connectivity index (χ1n) is 5.62. The zero-order valence-corrected chi connectivity index (χ0v) is 11.5. The number of aliphatic hydroxyl groups excluding tert-OH is 1. The maximum atomic E-state index is 11.0. The van der Waals surface area contributed by atoms with E-state index in [1.54, 1.807) is 14.0 Å². The Hall–Kier alpha value is -0.300. The summed E-state index contributed by atoms with van der Waals surface area (Å²) in [5, 5.41) is 9.57. The number of thioether (sulfide) groups is 1. The number of aliphatic hydroxyl groups is 1. The lowest BCUT2D eigenvalue weighted by Gasteiger charge is -2.15. The molecule has 0 bridgehead atoms. The van der Waals surface area contributed by atoms with Crippen molar-refractivity contribution in [3.05, 3.63) is 0 Å². The summed E-state index contributed by atoms with van der Waals surface area (Å²) in [6.45, 7) is 4.78. The van der Waals surface area contributed by atoms with Crippen LogP contribution in [0.25, 0.3) is 0 Å². The molecule has 0 fully saturated rings. The maximum absolute atomic E-state index is 11.0. The highest BCUT2D eigenvalue weighted by Crippen LogP contribution is 2.05. The van der Waals surface area contributed by atoms with Crippen molar-refractivity contribution in [1.29, 1.82) is 0 Å². The fraction of sp³-hybridized carbons (Fsp3) is 0.909. The van der Waals surface area contributed by atoms with Crippen molar-refractivity contribution in [2.24, 2.45) is 0 Å². The molecule has 0 heterocycles. The molecule has 0 aromatic carbocycles. The van der Waals surface area contributed by atoms with Crippen LogP contribution in [0.1, 0.15) is 13.8 Å². The van der Waals surface area contributed by atoms with E-state index in [2.05, 4.69) is 0 Å². The number of carbonyl (C=O) groups excluding carboxylic acids is 1. The van der Waals surface area contributed by atoms with Crippen molar-refractivity contribution >= 4 is 17.7 Å². The van der Waals surface area contributed by atoms with Crippen LogP contribution in [0, 0.1) is 0 Å². The molecule has 2 atom stereocenters. The first kappa shape index (κ1) is 16.7. The minimum Gasteiger partial charge on any atom is -0.465 e. The van der Waals surface area contributed by atoms with Crippen molar-refractivity contribution in [3.63, 3.8) is 0 Å². The molecule has 0 spiro atoms. The molecule has 0 aromatic heterocycles. The SMILES string of the molecule is CCOC(=O)CSCC(O)COC(C)COC. The molecule has 2 unspecified atom stereocenters. The Labute approximate surface area is 107 Å². The average molecular weight is 266 g/mol. The predicted molar refractivity (Wildman–Crippen MR) is 67.3 cm³/mol. The van der Waals surface area contributed by atoms with Gasteiger partial charge in [-0.3, -0.25) is 4.79 Å². The fourth-order valence-corrected chi connectivity index (χ4v) is 1.82. The summed E-state index contributed by atoms with van der Waals surface area (Å²) >= 11 is 1.34. The van der Waals surface area contributed by atoms with Gasteiger partial charge in [0.05, 0.1) is 37.8 Å². The van der Waals surface area contributed by atoms with Gasteiger partial charge >= 0.3 is 5.97 Å². The van der Waals surface area contributed by atoms with Gasteiger partial charge in [0.25, 0.3) is 0 Å². The van der Waals surface area contributed by atoms with E-state index in [0.29, 0.717) is 19.0 Å². The normalized spacial score (nSPS) is 14.4. The van der Waals surface area contributed by atoms with Crippen LogP contribution in [0.2, 0.25) is 0 Å². The van der Waals surface area contributed by atoms with E-state index >= 15 is 0 Å². The molecule has 0 saturated heterocycles. The number of ether oxygens (including phenoxy) is 3. The third-order valence-electron chi connectivity index (χ3n) is 1.81. The maximum Gasteiger partial charge on any atom is 0.315 e. The average Bonchev–Trinajstić information content (AvgIpc) is 2.27. The standard InChI is InChI=1S/C11H22O5S/c1-4-15-11(13)8-17-7-10(12)6-16-9(2)5-14-3/h9-10,12H,4-8H2,1-3H3. The molecule has 0 aliphatic rings. The van der Waals surface area contributed by atoms with Crippen LogP contribution in [-0.4, -0.2) is 61.7 Å². The van der Waals surface area contributed by atoms with Gasteiger partial charge < -0.3 is 19.3 Å². The summed E-state index contributed by atoms with van der Waals surface area (Å²) < 4.78 is 15.0.